The normalized spacial score (nSPS) is 14.3. The van der Waals surface area contributed by atoms with E-state index in [0.29, 0.717) is 18.5 Å². The summed E-state index contributed by atoms with van der Waals surface area (Å²) in [6.45, 7) is 2.26. The number of aromatic nitrogens is 1. The van der Waals surface area contributed by atoms with Crippen molar-refractivity contribution in [2.45, 2.75) is 32.2 Å². The molecule has 2 N–H and O–H groups in total. The third-order valence-electron chi connectivity index (χ3n) is 2.53. The van der Waals surface area contributed by atoms with Gasteiger partial charge in [0.05, 0.1) is 6.61 Å². The summed E-state index contributed by atoms with van der Waals surface area (Å²) in [7, 11) is 0. The van der Waals surface area contributed by atoms with Gasteiger partial charge in [0.1, 0.15) is 16.4 Å². The number of ether oxygens (including phenoxy) is 1. The van der Waals surface area contributed by atoms with Gasteiger partial charge in [-0.1, -0.05) is 18.5 Å². The summed E-state index contributed by atoms with van der Waals surface area (Å²) in [5.41, 5.74) is 0.262. The van der Waals surface area contributed by atoms with Gasteiger partial charge in [-0.3, -0.25) is 0 Å². The average molecular weight is 271 g/mol. The lowest BCUT2D eigenvalue weighted by molar-refractivity contribution is 0.0506. The molecule has 2 rings (SSSR count). The molecular formula is C12H15ClN2O3. The Morgan fingerprint density at radius 2 is 2.39 bits per heavy atom. The minimum atomic E-state index is -0.477. The highest BCUT2D eigenvalue weighted by Gasteiger charge is 2.25. The second kappa shape index (κ2) is 5.44. The fourth-order valence-electron chi connectivity index (χ4n) is 1.44. The first kappa shape index (κ1) is 13.0. The van der Waals surface area contributed by atoms with Crippen molar-refractivity contribution < 1.29 is 14.6 Å². The molecule has 0 radical (unpaired) electrons. The van der Waals surface area contributed by atoms with Crippen molar-refractivity contribution in [3.8, 4) is 5.88 Å². The summed E-state index contributed by atoms with van der Waals surface area (Å²) in [6, 6.07) is 1.70. The third-order valence-corrected chi connectivity index (χ3v) is 2.81. The number of hydrogen-bond donors (Lipinski definition) is 2. The van der Waals surface area contributed by atoms with Crippen molar-refractivity contribution in [3.63, 3.8) is 0 Å². The van der Waals surface area contributed by atoms with Crippen molar-refractivity contribution in [1.29, 1.82) is 0 Å². The molecule has 0 amide bonds. The molecule has 0 saturated heterocycles. The van der Waals surface area contributed by atoms with Crippen LogP contribution in [0.25, 0.3) is 0 Å². The lowest BCUT2D eigenvalue weighted by Crippen LogP contribution is -2.13. The fourth-order valence-corrected chi connectivity index (χ4v) is 1.59. The Hall–Kier alpha value is -1.49. The van der Waals surface area contributed by atoms with Crippen LogP contribution in [0.3, 0.4) is 0 Å². The van der Waals surface area contributed by atoms with Crippen molar-refractivity contribution in [2.75, 3.05) is 11.9 Å². The summed E-state index contributed by atoms with van der Waals surface area (Å²) < 4.78 is 5.06. The van der Waals surface area contributed by atoms with Crippen LogP contribution in [0.15, 0.2) is 6.07 Å². The number of pyridine rings is 1. The van der Waals surface area contributed by atoms with Gasteiger partial charge in [-0.25, -0.2) is 4.79 Å². The number of aromatic hydroxyl groups is 1. The molecule has 1 saturated carbocycles. The van der Waals surface area contributed by atoms with E-state index in [2.05, 4.69) is 10.3 Å². The second-order valence-electron chi connectivity index (χ2n) is 4.24. The lowest BCUT2D eigenvalue weighted by Gasteiger charge is -2.11. The van der Waals surface area contributed by atoms with E-state index in [1.54, 1.807) is 0 Å². The number of nitrogens with zero attached hydrogens (tertiary/aromatic N) is 1. The van der Waals surface area contributed by atoms with Gasteiger partial charge in [-0.05, 0) is 25.3 Å². The van der Waals surface area contributed by atoms with Gasteiger partial charge in [0.15, 0.2) is 0 Å². The molecular weight excluding hydrogens is 256 g/mol. The number of halogens is 1. The zero-order chi connectivity index (χ0) is 13.1. The van der Waals surface area contributed by atoms with Gasteiger partial charge in [0.25, 0.3) is 0 Å². The minimum absolute atomic E-state index is 0.0415. The largest absolute Gasteiger partial charge is 0.492 e. The zero-order valence-corrected chi connectivity index (χ0v) is 10.8. The Morgan fingerprint density at radius 1 is 1.67 bits per heavy atom. The van der Waals surface area contributed by atoms with Crippen LogP contribution in [0, 0.1) is 0 Å². The second-order valence-corrected chi connectivity index (χ2v) is 4.65. The van der Waals surface area contributed by atoms with E-state index in [0.717, 1.165) is 19.3 Å². The first-order valence-electron chi connectivity index (χ1n) is 5.95. The molecule has 6 heteroatoms. The van der Waals surface area contributed by atoms with E-state index in [-0.39, 0.29) is 16.5 Å². The highest BCUT2D eigenvalue weighted by Crippen LogP contribution is 2.31. The molecule has 1 aliphatic rings. The molecule has 98 valence electrons. The van der Waals surface area contributed by atoms with Crippen LogP contribution >= 0.6 is 11.6 Å². The highest BCUT2D eigenvalue weighted by atomic mass is 35.5. The van der Waals surface area contributed by atoms with Crippen molar-refractivity contribution in [3.05, 3.63) is 16.7 Å². The molecule has 0 atom stereocenters. The molecule has 0 spiro atoms. The molecule has 5 nitrogen and oxygen atoms in total. The number of nitrogens with one attached hydrogen (secondary N) is 1. The lowest BCUT2D eigenvalue weighted by atomic mass is 10.2. The van der Waals surface area contributed by atoms with Gasteiger partial charge in [0.2, 0.25) is 5.88 Å². The van der Waals surface area contributed by atoms with Crippen LogP contribution in [0.5, 0.6) is 5.88 Å². The van der Waals surface area contributed by atoms with Gasteiger partial charge >= 0.3 is 5.97 Å². The van der Waals surface area contributed by atoms with Crippen molar-refractivity contribution in [2.24, 2.45) is 0 Å². The molecule has 0 bridgehead atoms. The Labute approximate surface area is 110 Å². The fraction of sp³-hybridized carbons (Fsp3) is 0.500. The monoisotopic (exact) mass is 270 g/mol. The number of esters is 1. The maximum absolute atomic E-state index is 11.8. The van der Waals surface area contributed by atoms with Crippen LogP contribution in [0.1, 0.15) is 36.5 Å². The molecule has 1 heterocycles. The number of hydrogen-bond acceptors (Lipinski definition) is 5. The number of carbonyl (C=O) groups excluding carboxylic acids is 1. The Morgan fingerprint density at radius 3 is 3.00 bits per heavy atom. The van der Waals surface area contributed by atoms with E-state index < -0.39 is 5.97 Å². The zero-order valence-electron chi connectivity index (χ0n) is 10.1. The van der Waals surface area contributed by atoms with Gasteiger partial charge in [0, 0.05) is 6.04 Å². The van der Waals surface area contributed by atoms with E-state index in [1.807, 2.05) is 6.92 Å². The molecule has 0 aromatic carbocycles. The SMILES string of the molecule is CCCOC(=O)c1cc(Cl)c(O)nc1NC1CC1. The quantitative estimate of drug-likeness (QED) is 0.805. The van der Waals surface area contributed by atoms with E-state index in [1.165, 1.54) is 6.07 Å². The summed E-state index contributed by atoms with van der Waals surface area (Å²) >= 11 is 5.77. The molecule has 1 aliphatic carbocycles. The van der Waals surface area contributed by atoms with Crippen molar-refractivity contribution >= 4 is 23.4 Å². The highest BCUT2D eigenvalue weighted by molar-refractivity contribution is 6.32. The predicted octanol–water partition coefficient (Wildman–Crippen LogP) is 2.58. The average Bonchev–Trinajstić information content (AvgIpc) is 3.14. The summed E-state index contributed by atoms with van der Waals surface area (Å²) in [5, 5.41) is 12.6. The van der Waals surface area contributed by atoms with Crippen molar-refractivity contribution in [1.82, 2.24) is 4.98 Å². The van der Waals surface area contributed by atoms with Gasteiger partial charge in [-0.2, -0.15) is 4.98 Å². The smallest absolute Gasteiger partial charge is 0.341 e. The Kier molecular flexibility index (Phi) is 3.91. The molecule has 1 aromatic rings. The summed E-state index contributed by atoms with van der Waals surface area (Å²) in [6.07, 6.45) is 2.82. The first-order chi connectivity index (χ1) is 8.61. The van der Waals surface area contributed by atoms with Crippen LogP contribution in [-0.4, -0.2) is 28.7 Å². The maximum atomic E-state index is 11.8. The minimum Gasteiger partial charge on any atom is -0.492 e. The topological polar surface area (TPSA) is 71.5 Å². The van der Waals surface area contributed by atoms with Crippen LogP contribution in [0.4, 0.5) is 5.82 Å². The number of anilines is 1. The van der Waals surface area contributed by atoms with E-state index >= 15 is 0 Å². The third kappa shape index (κ3) is 3.04. The van der Waals surface area contributed by atoms with Gasteiger partial charge < -0.3 is 15.2 Å². The summed E-state index contributed by atoms with van der Waals surface area (Å²) in [4.78, 5) is 15.7. The van der Waals surface area contributed by atoms with E-state index in [9.17, 15) is 9.90 Å². The Balaban J connectivity index is 2.24. The molecule has 0 aliphatic heterocycles. The van der Waals surface area contributed by atoms with Gasteiger partial charge in [-0.15, -0.1) is 0 Å². The predicted molar refractivity (Wildman–Crippen MR) is 68.1 cm³/mol. The van der Waals surface area contributed by atoms with E-state index in [4.69, 9.17) is 16.3 Å². The van der Waals surface area contributed by atoms with Crippen LogP contribution in [-0.2, 0) is 4.74 Å². The van der Waals surface area contributed by atoms with Crippen LogP contribution < -0.4 is 5.32 Å². The maximum Gasteiger partial charge on any atom is 0.341 e. The van der Waals surface area contributed by atoms with Crippen LogP contribution in [0.2, 0.25) is 5.02 Å². The number of carbonyl (C=O) groups is 1. The molecule has 0 unspecified atom stereocenters. The summed E-state index contributed by atoms with van der Waals surface area (Å²) in [5.74, 6) is -0.429. The molecule has 1 fully saturated rings. The number of rotatable bonds is 5. The molecule has 1 aromatic heterocycles. The standard InChI is InChI=1S/C12H15ClN2O3/c1-2-5-18-12(17)8-6-9(13)11(16)15-10(8)14-7-3-4-7/h6-7H,2-5H2,1H3,(H2,14,15,16). The molecule has 18 heavy (non-hydrogen) atoms. The first-order valence-corrected chi connectivity index (χ1v) is 6.32. The Bertz CT molecular complexity index is 461.